The lowest BCUT2D eigenvalue weighted by molar-refractivity contribution is 1.05. The molecule has 0 atom stereocenters. The minimum Gasteiger partial charge on any atom is -0.271 e. The third-order valence-electron chi connectivity index (χ3n) is 1.68. The fourth-order valence-electron chi connectivity index (χ4n) is 1.06. The Balaban J connectivity index is 2.58. The zero-order valence-electron chi connectivity index (χ0n) is 6.78. The molecule has 0 bridgehead atoms. The van der Waals surface area contributed by atoms with Crippen LogP contribution in [-0.2, 0) is 0 Å². The molecule has 2 aromatic rings. The summed E-state index contributed by atoms with van der Waals surface area (Å²) in [5, 5.41) is 8.34. The van der Waals surface area contributed by atoms with Crippen molar-refractivity contribution in [2.75, 3.05) is 0 Å². The number of rotatable bonds is 1. The molecule has 0 saturated heterocycles. The summed E-state index contributed by atoms with van der Waals surface area (Å²) in [6, 6.07) is 5.40. The molecular formula is C8H4BrCl2N3. The number of benzene rings is 1. The van der Waals surface area contributed by atoms with E-state index in [9.17, 15) is 0 Å². The first-order valence-electron chi connectivity index (χ1n) is 3.69. The van der Waals surface area contributed by atoms with Crippen LogP contribution in [0.15, 0.2) is 29.0 Å². The van der Waals surface area contributed by atoms with Crippen molar-refractivity contribution in [2.45, 2.75) is 0 Å². The number of nitrogens with zero attached hydrogens (tertiary/aromatic N) is 3. The molecule has 72 valence electrons. The van der Waals surface area contributed by atoms with Gasteiger partial charge >= 0.3 is 0 Å². The van der Waals surface area contributed by atoms with Crippen molar-refractivity contribution in [3.05, 3.63) is 39.3 Å². The van der Waals surface area contributed by atoms with Crippen LogP contribution >= 0.6 is 39.1 Å². The molecule has 6 heteroatoms. The summed E-state index contributed by atoms with van der Waals surface area (Å²) in [4.78, 5) is 0. The molecule has 0 aliphatic rings. The van der Waals surface area contributed by atoms with Crippen LogP contribution in [0.25, 0.3) is 5.69 Å². The first-order valence-corrected chi connectivity index (χ1v) is 5.24. The second kappa shape index (κ2) is 3.88. The van der Waals surface area contributed by atoms with Gasteiger partial charge in [0.2, 0.25) is 5.28 Å². The molecule has 0 N–H and O–H groups in total. The Bertz CT molecular complexity index is 469. The van der Waals surface area contributed by atoms with Gasteiger partial charge in [0.25, 0.3) is 0 Å². The van der Waals surface area contributed by atoms with E-state index in [1.54, 1.807) is 16.7 Å². The van der Waals surface area contributed by atoms with Crippen molar-refractivity contribution >= 4 is 39.1 Å². The van der Waals surface area contributed by atoms with Gasteiger partial charge in [-0.1, -0.05) is 11.6 Å². The first-order chi connectivity index (χ1) is 6.68. The Morgan fingerprint density at radius 3 is 2.64 bits per heavy atom. The van der Waals surface area contributed by atoms with Crippen LogP contribution in [0.2, 0.25) is 10.3 Å². The third-order valence-corrected chi connectivity index (χ3v) is 2.80. The Morgan fingerprint density at radius 2 is 2.07 bits per heavy atom. The second-order valence-electron chi connectivity index (χ2n) is 2.57. The SMILES string of the molecule is Clc1ccc(-n2cnnc2Cl)c(Br)c1. The van der Waals surface area contributed by atoms with Gasteiger partial charge in [-0.2, -0.15) is 0 Å². The highest BCUT2D eigenvalue weighted by Crippen LogP contribution is 2.26. The molecule has 0 amide bonds. The van der Waals surface area contributed by atoms with Crippen LogP contribution in [0.3, 0.4) is 0 Å². The van der Waals surface area contributed by atoms with Gasteiger partial charge in [-0.25, -0.2) is 0 Å². The molecule has 1 aromatic carbocycles. The van der Waals surface area contributed by atoms with E-state index in [2.05, 4.69) is 26.1 Å². The standard InChI is InChI=1S/C8H4BrCl2N3/c9-6-3-5(10)1-2-7(6)14-4-12-13-8(14)11/h1-4H. The number of halogens is 3. The van der Waals surface area contributed by atoms with E-state index in [4.69, 9.17) is 23.2 Å². The summed E-state index contributed by atoms with van der Waals surface area (Å²) in [6.07, 6.45) is 1.54. The highest BCUT2D eigenvalue weighted by molar-refractivity contribution is 9.10. The average molecular weight is 293 g/mol. The minimum atomic E-state index is 0.313. The maximum atomic E-state index is 5.82. The topological polar surface area (TPSA) is 30.7 Å². The van der Waals surface area contributed by atoms with Crippen LogP contribution in [-0.4, -0.2) is 14.8 Å². The van der Waals surface area contributed by atoms with Crippen molar-refractivity contribution in [3.63, 3.8) is 0 Å². The zero-order valence-corrected chi connectivity index (χ0v) is 9.88. The lowest BCUT2D eigenvalue weighted by Crippen LogP contribution is -1.93. The molecule has 0 unspecified atom stereocenters. The highest BCUT2D eigenvalue weighted by atomic mass is 79.9. The Kier molecular flexibility index (Phi) is 2.76. The Hall–Kier alpha value is -0.580. The third kappa shape index (κ3) is 1.78. The molecule has 1 aromatic heterocycles. The predicted molar refractivity (Wildman–Crippen MR) is 59.1 cm³/mol. The molecule has 1 heterocycles. The normalized spacial score (nSPS) is 10.5. The van der Waals surface area contributed by atoms with Crippen molar-refractivity contribution < 1.29 is 0 Å². The van der Waals surface area contributed by atoms with Gasteiger partial charge in [-0.15, -0.1) is 10.2 Å². The highest BCUT2D eigenvalue weighted by Gasteiger charge is 2.07. The molecule has 3 nitrogen and oxygen atoms in total. The molecule has 0 saturated carbocycles. The van der Waals surface area contributed by atoms with Crippen LogP contribution in [0, 0.1) is 0 Å². The van der Waals surface area contributed by atoms with Crippen molar-refractivity contribution in [2.24, 2.45) is 0 Å². The largest absolute Gasteiger partial charge is 0.271 e. The van der Waals surface area contributed by atoms with Crippen LogP contribution in [0.4, 0.5) is 0 Å². The molecule has 0 aliphatic carbocycles. The summed E-state index contributed by atoms with van der Waals surface area (Å²) in [6.45, 7) is 0. The number of aromatic nitrogens is 3. The van der Waals surface area contributed by atoms with Gasteiger partial charge in [0, 0.05) is 9.50 Å². The molecule has 0 spiro atoms. The van der Waals surface area contributed by atoms with E-state index in [1.807, 2.05) is 6.07 Å². The van der Waals surface area contributed by atoms with E-state index in [0.717, 1.165) is 10.2 Å². The Labute approximate surface area is 98.8 Å². The second-order valence-corrected chi connectivity index (χ2v) is 4.19. The van der Waals surface area contributed by atoms with Crippen molar-refractivity contribution in [1.82, 2.24) is 14.8 Å². The lowest BCUT2D eigenvalue weighted by Gasteiger charge is -2.05. The minimum absolute atomic E-state index is 0.313. The maximum absolute atomic E-state index is 5.82. The number of hydrogen-bond donors (Lipinski definition) is 0. The molecule has 2 rings (SSSR count). The number of hydrogen-bond acceptors (Lipinski definition) is 2. The van der Waals surface area contributed by atoms with Crippen LogP contribution in [0.1, 0.15) is 0 Å². The van der Waals surface area contributed by atoms with Gasteiger partial charge in [-0.05, 0) is 45.7 Å². The zero-order chi connectivity index (χ0) is 10.1. The van der Waals surface area contributed by atoms with Gasteiger partial charge in [0.15, 0.2) is 0 Å². The molecule has 0 radical (unpaired) electrons. The summed E-state index contributed by atoms with van der Waals surface area (Å²) < 4.78 is 2.49. The molecule has 0 fully saturated rings. The molecule has 14 heavy (non-hydrogen) atoms. The van der Waals surface area contributed by atoms with Gasteiger partial charge in [-0.3, -0.25) is 4.57 Å². The lowest BCUT2D eigenvalue weighted by atomic mass is 10.3. The fraction of sp³-hybridized carbons (Fsp3) is 0. The molecule has 0 aliphatic heterocycles. The van der Waals surface area contributed by atoms with Crippen molar-refractivity contribution in [1.29, 1.82) is 0 Å². The van der Waals surface area contributed by atoms with Crippen molar-refractivity contribution in [3.8, 4) is 5.69 Å². The smallest absolute Gasteiger partial charge is 0.229 e. The summed E-state index contributed by atoms with van der Waals surface area (Å²) in [7, 11) is 0. The quantitative estimate of drug-likeness (QED) is 0.807. The van der Waals surface area contributed by atoms with Gasteiger partial charge in [0.05, 0.1) is 5.69 Å². The maximum Gasteiger partial charge on any atom is 0.229 e. The van der Waals surface area contributed by atoms with E-state index < -0.39 is 0 Å². The average Bonchev–Trinajstić information content (AvgIpc) is 2.52. The van der Waals surface area contributed by atoms with E-state index in [1.165, 1.54) is 6.33 Å². The molecular weight excluding hydrogens is 289 g/mol. The predicted octanol–water partition coefficient (Wildman–Crippen LogP) is 3.34. The van der Waals surface area contributed by atoms with Crippen LogP contribution in [0.5, 0.6) is 0 Å². The summed E-state index contributed by atoms with van der Waals surface area (Å²) >= 11 is 15.0. The van der Waals surface area contributed by atoms with E-state index >= 15 is 0 Å². The Morgan fingerprint density at radius 1 is 1.29 bits per heavy atom. The fourth-order valence-corrected chi connectivity index (χ4v) is 2.11. The monoisotopic (exact) mass is 291 g/mol. The summed E-state index contributed by atoms with van der Waals surface area (Å²) in [5.41, 5.74) is 0.851. The summed E-state index contributed by atoms with van der Waals surface area (Å²) in [5.74, 6) is 0. The van der Waals surface area contributed by atoms with Crippen LogP contribution < -0.4 is 0 Å². The van der Waals surface area contributed by atoms with Gasteiger partial charge < -0.3 is 0 Å². The van der Waals surface area contributed by atoms with E-state index in [-0.39, 0.29) is 0 Å². The van der Waals surface area contributed by atoms with E-state index in [0.29, 0.717) is 10.3 Å². The first kappa shape index (κ1) is 9.96. The van der Waals surface area contributed by atoms with Gasteiger partial charge in [0.1, 0.15) is 6.33 Å².